The number of rotatable bonds is 55. The monoisotopic (exact) mass is 1060 g/mol. The number of unbranched alkanes of at least 4 members (excludes halogenated alkanes) is 20. The Kier molecular flexibility index (Phi) is 59.9. The highest BCUT2D eigenvalue weighted by Gasteiger charge is 2.19. The van der Waals surface area contributed by atoms with Crippen molar-refractivity contribution in [3.8, 4) is 0 Å². The molecule has 0 aliphatic rings. The first-order valence-corrected chi connectivity index (χ1v) is 31.3. The molecule has 0 aliphatic carbocycles. The molecule has 0 aliphatic heterocycles. The van der Waals surface area contributed by atoms with Gasteiger partial charge in [-0.25, -0.2) is 0 Å². The number of hydrogen-bond donors (Lipinski definition) is 0. The lowest BCUT2D eigenvalue weighted by Crippen LogP contribution is -2.30. The minimum Gasteiger partial charge on any atom is -0.462 e. The maximum Gasteiger partial charge on any atom is 0.306 e. The normalized spacial score (nSPS) is 13.1. The summed E-state index contributed by atoms with van der Waals surface area (Å²) in [6.45, 7) is 6.33. The van der Waals surface area contributed by atoms with Gasteiger partial charge in [-0.3, -0.25) is 14.4 Å². The molecule has 0 radical (unpaired) electrons. The average Bonchev–Trinajstić information content (AvgIpc) is 3.43. The second-order valence-electron chi connectivity index (χ2n) is 20.2. The van der Waals surface area contributed by atoms with E-state index in [1.807, 2.05) is 0 Å². The van der Waals surface area contributed by atoms with E-state index in [9.17, 15) is 14.4 Å². The highest BCUT2D eigenvalue weighted by atomic mass is 16.6. The fraction of sp³-hybridized carbons (Fsp3) is 0.620. The number of hydrogen-bond acceptors (Lipinski definition) is 6. The van der Waals surface area contributed by atoms with Crippen LogP contribution in [0.25, 0.3) is 0 Å². The van der Waals surface area contributed by atoms with Gasteiger partial charge in [0, 0.05) is 19.3 Å². The molecule has 0 saturated carbocycles. The molecular formula is C71H114O6. The van der Waals surface area contributed by atoms with Gasteiger partial charge in [-0.1, -0.05) is 256 Å². The zero-order valence-electron chi connectivity index (χ0n) is 49.7. The van der Waals surface area contributed by atoms with Crippen molar-refractivity contribution >= 4 is 17.9 Å². The van der Waals surface area contributed by atoms with E-state index in [0.717, 1.165) is 109 Å². The summed E-state index contributed by atoms with van der Waals surface area (Å²) in [6, 6.07) is 0. The first-order chi connectivity index (χ1) is 38.0. The summed E-state index contributed by atoms with van der Waals surface area (Å²) < 4.78 is 16.8. The lowest BCUT2D eigenvalue weighted by Gasteiger charge is -2.18. The van der Waals surface area contributed by atoms with E-state index < -0.39 is 6.10 Å². The standard InChI is InChI=1S/C71H114O6/c1-4-7-10-13-16-19-22-25-28-30-32-34-35-37-38-40-43-46-49-52-55-58-61-64-70(73)76-67-68(66-75-69(72)63-60-57-54-51-48-45-42-27-24-21-18-15-12-9-6-3)77-71(74)65-62-59-56-53-50-47-44-41-39-36-33-31-29-26-23-20-17-14-11-8-5-2/h7,9-10,12,16,18-19,21,25,27-28,31-34,37-38,42-43,46,48,51-52,55,68H,4-6,8,11,13-15,17,20,22-24,26,29-30,35-36,39-41,44-45,47,49-50,53-54,56-67H2,1-3H3/b10-7-,12-9-,19-16-,21-18-,28-25-,33-31-,34-32-,38-37-,42-27-,46-43-,51-48-,55-52-. The van der Waals surface area contributed by atoms with Crippen molar-refractivity contribution in [3.05, 3.63) is 146 Å². The van der Waals surface area contributed by atoms with Crippen LogP contribution in [0.15, 0.2) is 146 Å². The molecule has 0 N–H and O–H groups in total. The lowest BCUT2D eigenvalue weighted by atomic mass is 10.1. The minimum absolute atomic E-state index is 0.123. The zero-order valence-corrected chi connectivity index (χ0v) is 49.7. The molecule has 0 bridgehead atoms. The smallest absolute Gasteiger partial charge is 0.306 e. The number of carbonyl (C=O) groups excluding carboxylic acids is 3. The van der Waals surface area contributed by atoms with Gasteiger partial charge in [0.25, 0.3) is 0 Å². The molecule has 0 aromatic rings. The van der Waals surface area contributed by atoms with Crippen LogP contribution in [0.1, 0.15) is 265 Å². The first-order valence-electron chi connectivity index (χ1n) is 31.3. The third-order valence-electron chi connectivity index (χ3n) is 12.8. The summed E-state index contributed by atoms with van der Waals surface area (Å²) >= 11 is 0. The Morgan fingerprint density at radius 2 is 0.519 bits per heavy atom. The van der Waals surface area contributed by atoms with Crippen LogP contribution in [0, 0.1) is 0 Å². The lowest BCUT2D eigenvalue weighted by molar-refractivity contribution is -0.167. The van der Waals surface area contributed by atoms with Crippen molar-refractivity contribution in [2.75, 3.05) is 13.2 Å². The molecule has 0 amide bonds. The van der Waals surface area contributed by atoms with Crippen LogP contribution in [0.5, 0.6) is 0 Å². The molecule has 0 rings (SSSR count). The molecule has 0 spiro atoms. The molecule has 1 atom stereocenters. The van der Waals surface area contributed by atoms with Crippen molar-refractivity contribution in [2.24, 2.45) is 0 Å². The molecule has 6 nitrogen and oxygen atoms in total. The quantitative estimate of drug-likeness (QED) is 0.0261. The first kappa shape index (κ1) is 72.3. The van der Waals surface area contributed by atoms with E-state index >= 15 is 0 Å². The molecule has 434 valence electrons. The number of allylic oxidation sites excluding steroid dienone is 24. The molecule has 0 aromatic carbocycles. The van der Waals surface area contributed by atoms with E-state index in [-0.39, 0.29) is 37.5 Å². The fourth-order valence-corrected chi connectivity index (χ4v) is 8.18. The van der Waals surface area contributed by atoms with Gasteiger partial charge in [-0.05, 0) is 135 Å². The summed E-state index contributed by atoms with van der Waals surface area (Å²) in [5.41, 5.74) is 0. The Hall–Kier alpha value is -4.71. The van der Waals surface area contributed by atoms with Gasteiger partial charge in [0.15, 0.2) is 6.10 Å². The number of ether oxygens (including phenoxy) is 3. The Labute approximate surface area is 474 Å². The van der Waals surface area contributed by atoms with Crippen molar-refractivity contribution < 1.29 is 28.6 Å². The van der Waals surface area contributed by atoms with E-state index in [1.165, 1.54) is 103 Å². The molecule has 1 unspecified atom stereocenters. The van der Waals surface area contributed by atoms with Crippen LogP contribution in [0.4, 0.5) is 0 Å². The largest absolute Gasteiger partial charge is 0.462 e. The molecular weight excluding hydrogens is 949 g/mol. The predicted molar refractivity (Wildman–Crippen MR) is 334 cm³/mol. The fourth-order valence-electron chi connectivity index (χ4n) is 8.18. The third-order valence-corrected chi connectivity index (χ3v) is 12.8. The zero-order chi connectivity index (χ0) is 55.7. The van der Waals surface area contributed by atoms with Gasteiger partial charge >= 0.3 is 17.9 Å². The molecule has 0 fully saturated rings. The molecule has 77 heavy (non-hydrogen) atoms. The predicted octanol–water partition coefficient (Wildman–Crippen LogP) is 21.5. The van der Waals surface area contributed by atoms with Crippen molar-refractivity contribution in [1.82, 2.24) is 0 Å². The maximum atomic E-state index is 12.9. The average molecular weight is 1060 g/mol. The van der Waals surface area contributed by atoms with Gasteiger partial charge in [0.2, 0.25) is 0 Å². The Bertz CT molecular complexity index is 1700. The van der Waals surface area contributed by atoms with Gasteiger partial charge in [-0.15, -0.1) is 0 Å². The Balaban J connectivity index is 4.53. The van der Waals surface area contributed by atoms with E-state index in [4.69, 9.17) is 14.2 Å². The molecule has 0 heterocycles. The number of carbonyl (C=O) groups is 3. The van der Waals surface area contributed by atoms with Crippen LogP contribution in [0.3, 0.4) is 0 Å². The maximum absolute atomic E-state index is 12.9. The topological polar surface area (TPSA) is 78.9 Å². The van der Waals surface area contributed by atoms with Gasteiger partial charge in [-0.2, -0.15) is 0 Å². The summed E-state index contributed by atoms with van der Waals surface area (Å²) in [6.07, 6.45) is 91.4. The van der Waals surface area contributed by atoms with Crippen LogP contribution in [0.2, 0.25) is 0 Å². The molecule has 6 heteroatoms. The van der Waals surface area contributed by atoms with Gasteiger partial charge < -0.3 is 14.2 Å². The van der Waals surface area contributed by atoms with E-state index in [0.29, 0.717) is 25.7 Å². The second kappa shape index (κ2) is 63.8. The Morgan fingerprint density at radius 1 is 0.273 bits per heavy atom. The van der Waals surface area contributed by atoms with E-state index in [2.05, 4.69) is 167 Å². The molecule has 0 aromatic heterocycles. The Morgan fingerprint density at radius 3 is 0.883 bits per heavy atom. The van der Waals surface area contributed by atoms with Crippen molar-refractivity contribution in [1.29, 1.82) is 0 Å². The second-order valence-corrected chi connectivity index (χ2v) is 20.2. The van der Waals surface area contributed by atoms with Crippen LogP contribution >= 0.6 is 0 Å². The van der Waals surface area contributed by atoms with Crippen LogP contribution in [-0.2, 0) is 28.6 Å². The van der Waals surface area contributed by atoms with Crippen LogP contribution < -0.4 is 0 Å². The molecule has 0 saturated heterocycles. The summed E-state index contributed by atoms with van der Waals surface area (Å²) in [7, 11) is 0. The third kappa shape index (κ3) is 62.0. The van der Waals surface area contributed by atoms with Gasteiger partial charge in [0.1, 0.15) is 13.2 Å². The number of esters is 3. The van der Waals surface area contributed by atoms with Gasteiger partial charge in [0.05, 0.1) is 0 Å². The highest BCUT2D eigenvalue weighted by molar-refractivity contribution is 5.71. The SMILES string of the molecule is CC/C=C\C/C=C\C/C=C\C/C=C\C/C=C\C/C=C\C/C=C\CCCC(=O)OCC(COC(=O)CCCC/C=C\C/C=C\C/C=C\C/C=C\CC)OC(=O)CCCCCCCCCCC/C=C\CCCCCCCCCC. The summed E-state index contributed by atoms with van der Waals surface area (Å²) in [4.78, 5) is 38.3. The van der Waals surface area contributed by atoms with E-state index in [1.54, 1.807) is 0 Å². The van der Waals surface area contributed by atoms with Crippen molar-refractivity contribution in [2.45, 2.75) is 271 Å². The van der Waals surface area contributed by atoms with Crippen molar-refractivity contribution in [3.63, 3.8) is 0 Å². The summed E-state index contributed by atoms with van der Waals surface area (Å²) in [5, 5.41) is 0. The minimum atomic E-state index is -0.827. The van der Waals surface area contributed by atoms with Crippen LogP contribution in [-0.4, -0.2) is 37.2 Å². The highest BCUT2D eigenvalue weighted by Crippen LogP contribution is 2.15. The summed E-state index contributed by atoms with van der Waals surface area (Å²) in [5.74, 6) is -1.02.